The fraction of sp³-hybridized carbons (Fsp3) is 0.333. The number of aryl methyl sites for hydroxylation is 2. The summed E-state index contributed by atoms with van der Waals surface area (Å²) in [4.78, 5) is 23.2. The van der Waals surface area contributed by atoms with Gasteiger partial charge in [-0.1, -0.05) is 30.3 Å². The van der Waals surface area contributed by atoms with Gasteiger partial charge in [-0.25, -0.2) is 0 Å². The zero-order valence-corrected chi connectivity index (χ0v) is 13.3. The molecule has 5 nitrogen and oxygen atoms in total. The molecule has 1 aromatic heterocycles. The lowest BCUT2D eigenvalue weighted by atomic mass is 10.0. The summed E-state index contributed by atoms with van der Waals surface area (Å²) in [6.07, 6.45) is 2.80. The van der Waals surface area contributed by atoms with Gasteiger partial charge in [0.2, 0.25) is 0 Å². The Balaban J connectivity index is 1.96. The first-order valence-corrected chi connectivity index (χ1v) is 7.61. The lowest BCUT2D eigenvalue weighted by Gasteiger charge is -2.14. The fourth-order valence-corrected chi connectivity index (χ4v) is 2.47. The molecule has 2 rings (SSSR count). The highest BCUT2D eigenvalue weighted by molar-refractivity contribution is 5.97. The maximum atomic E-state index is 12.4. The van der Waals surface area contributed by atoms with Crippen molar-refractivity contribution in [2.75, 3.05) is 0 Å². The molecule has 122 valence electrons. The largest absolute Gasteiger partial charge is 0.481 e. The Bertz CT molecular complexity index is 676. The second kappa shape index (κ2) is 7.63. The molecule has 0 fully saturated rings. The SMILES string of the molecule is Cc1coc(CC(=O)O)c1C(=O)NC(C)CCc1ccccc1. The highest BCUT2D eigenvalue weighted by Crippen LogP contribution is 2.18. The normalized spacial score (nSPS) is 11.9. The number of carboxylic acids is 1. The highest BCUT2D eigenvalue weighted by atomic mass is 16.4. The molecule has 1 atom stereocenters. The molecule has 5 heteroatoms. The molecule has 0 aliphatic carbocycles. The smallest absolute Gasteiger partial charge is 0.311 e. The van der Waals surface area contributed by atoms with Crippen LogP contribution in [-0.2, 0) is 17.6 Å². The summed E-state index contributed by atoms with van der Waals surface area (Å²) >= 11 is 0. The van der Waals surface area contributed by atoms with Gasteiger partial charge in [-0.05, 0) is 32.3 Å². The molecule has 23 heavy (non-hydrogen) atoms. The van der Waals surface area contributed by atoms with Crippen molar-refractivity contribution in [2.24, 2.45) is 0 Å². The van der Waals surface area contributed by atoms with E-state index in [9.17, 15) is 9.59 Å². The molecule has 0 saturated heterocycles. The standard InChI is InChI=1S/C18H21NO4/c1-12-11-23-15(10-16(20)21)17(12)18(22)19-13(2)8-9-14-6-4-3-5-7-14/h3-7,11,13H,8-10H2,1-2H3,(H,19,22)(H,20,21). The topological polar surface area (TPSA) is 79.5 Å². The van der Waals surface area contributed by atoms with E-state index in [0.717, 1.165) is 12.8 Å². The molecule has 1 unspecified atom stereocenters. The molecule has 0 aliphatic heterocycles. The average Bonchev–Trinajstić information content (AvgIpc) is 2.86. The summed E-state index contributed by atoms with van der Waals surface area (Å²) in [6, 6.07) is 10.0. The van der Waals surface area contributed by atoms with Crippen LogP contribution in [0.4, 0.5) is 0 Å². The molecule has 0 bridgehead atoms. The van der Waals surface area contributed by atoms with Crippen LogP contribution in [-0.4, -0.2) is 23.0 Å². The molecule has 0 radical (unpaired) electrons. The number of hydrogen-bond donors (Lipinski definition) is 2. The van der Waals surface area contributed by atoms with Crippen molar-refractivity contribution in [1.82, 2.24) is 5.32 Å². The Kier molecular flexibility index (Phi) is 5.57. The minimum atomic E-state index is -1.02. The number of hydrogen-bond acceptors (Lipinski definition) is 3. The van der Waals surface area contributed by atoms with Crippen molar-refractivity contribution in [3.63, 3.8) is 0 Å². The fourth-order valence-electron chi connectivity index (χ4n) is 2.47. The van der Waals surface area contributed by atoms with Crippen LogP contribution in [0.15, 0.2) is 41.0 Å². The van der Waals surface area contributed by atoms with Crippen molar-refractivity contribution >= 4 is 11.9 Å². The van der Waals surface area contributed by atoms with E-state index < -0.39 is 5.97 Å². The van der Waals surface area contributed by atoms with E-state index in [2.05, 4.69) is 17.4 Å². The second-order valence-electron chi connectivity index (χ2n) is 5.69. The monoisotopic (exact) mass is 315 g/mol. The van der Waals surface area contributed by atoms with Gasteiger partial charge >= 0.3 is 5.97 Å². The summed E-state index contributed by atoms with van der Waals surface area (Å²) in [6.45, 7) is 3.67. The van der Waals surface area contributed by atoms with Crippen LogP contribution >= 0.6 is 0 Å². The average molecular weight is 315 g/mol. The van der Waals surface area contributed by atoms with Gasteiger partial charge in [0.15, 0.2) is 0 Å². The molecule has 0 spiro atoms. The number of carbonyl (C=O) groups is 2. The van der Waals surface area contributed by atoms with Crippen molar-refractivity contribution < 1.29 is 19.1 Å². The van der Waals surface area contributed by atoms with E-state index in [1.54, 1.807) is 6.92 Å². The minimum absolute atomic E-state index is 0.0188. The zero-order valence-electron chi connectivity index (χ0n) is 13.3. The van der Waals surface area contributed by atoms with Gasteiger partial charge < -0.3 is 14.8 Å². The van der Waals surface area contributed by atoms with Crippen LogP contribution in [0.25, 0.3) is 0 Å². The van der Waals surface area contributed by atoms with Gasteiger partial charge in [0.25, 0.3) is 5.91 Å². The molecule has 2 N–H and O–H groups in total. The Morgan fingerprint density at radius 3 is 2.61 bits per heavy atom. The third-order valence-corrected chi connectivity index (χ3v) is 3.68. The summed E-state index contributed by atoms with van der Waals surface area (Å²) in [7, 11) is 0. The van der Waals surface area contributed by atoms with E-state index in [1.807, 2.05) is 25.1 Å². The predicted octanol–water partition coefficient (Wildman–Crippen LogP) is 2.97. The molecule has 0 aliphatic rings. The summed E-state index contributed by atoms with van der Waals surface area (Å²) < 4.78 is 5.20. The van der Waals surface area contributed by atoms with E-state index in [-0.39, 0.29) is 24.1 Å². The van der Waals surface area contributed by atoms with Gasteiger partial charge in [0.1, 0.15) is 12.2 Å². The Labute approximate surface area is 135 Å². The van der Waals surface area contributed by atoms with Gasteiger partial charge in [-0.15, -0.1) is 0 Å². The number of carboxylic acid groups (broad SMARTS) is 1. The van der Waals surface area contributed by atoms with Crippen LogP contribution < -0.4 is 5.32 Å². The highest BCUT2D eigenvalue weighted by Gasteiger charge is 2.21. The van der Waals surface area contributed by atoms with Crippen LogP contribution in [0.2, 0.25) is 0 Å². The Morgan fingerprint density at radius 2 is 1.96 bits per heavy atom. The molecule has 0 saturated carbocycles. The summed E-state index contributed by atoms with van der Waals surface area (Å²) in [5.41, 5.74) is 2.20. The Morgan fingerprint density at radius 1 is 1.26 bits per heavy atom. The van der Waals surface area contributed by atoms with Crippen molar-refractivity contribution in [3.05, 3.63) is 59.0 Å². The quantitative estimate of drug-likeness (QED) is 0.823. The van der Waals surface area contributed by atoms with E-state index >= 15 is 0 Å². The maximum Gasteiger partial charge on any atom is 0.311 e. The van der Waals surface area contributed by atoms with Crippen molar-refractivity contribution in [1.29, 1.82) is 0 Å². The van der Waals surface area contributed by atoms with Gasteiger partial charge in [0, 0.05) is 11.6 Å². The van der Waals surface area contributed by atoms with Crippen LogP contribution in [0, 0.1) is 6.92 Å². The number of rotatable bonds is 7. The number of benzene rings is 1. The van der Waals surface area contributed by atoms with E-state index in [0.29, 0.717) is 11.1 Å². The zero-order chi connectivity index (χ0) is 16.8. The van der Waals surface area contributed by atoms with E-state index in [4.69, 9.17) is 9.52 Å². The summed E-state index contributed by atoms with van der Waals surface area (Å²) in [5, 5.41) is 11.8. The summed E-state index contributed by atoms with van der Waals surface area (Å²) in [5.74, 6) is -1.11. The van der Waals surface area contributed by atoms with Crippen molar-refractivity contribution in [3.8, 4) is 0 Å². The number of amides is 1. The molecule has 1 aromatic carbocycles. The molecular formula is C18H21NO4. The first-order valence-electron chi connectivity index (χ1n) is 7.61. The van der Waals surface area contributed by atoms with Gasteiger partial charge in [-0.2, -0.15) is 0 Å². The molecule has 1 amide bonds. The third kappa shape index (κ3) is 4.71. The minimum Gasteiger partial charge on any atom is -0.481 e. The molecule has 2 aromatic rings. The third-order valence-electron chi connectivity index (χ3n) is 3.68. The van der Waals surface area contributed by atoms with Crippen molar-refractivity contribution in [2.45, 2.75) is 39.2 Å². The van der Waals surface area contributed by atoms with Crippen LogP contribution in [0.1, 0.15) is 40.6 Å². The van der Waals surface area contributed by atoms with Gasteiger partial charge in [-0.3, -0.25) is 9.59 Å². The van der Waals surface area contributed by atoms with E-state index in [1.165, 1.54) is 11.8 Å². The van der Waals surface area contributed by atoms with Crippen LogP contribution in [0.3, 0.4) is 0 Å². The lowest BCUT2D eigenvalue weighted by Crippen LogP contribution is -2.33. The first kappa shape index (κ1) is 16.8. The number of furan rings is 1. The Hall–Kier alpha value is -2.56. The lowest BCUT2D eigenvalue weighted by molar-refractivity contribution is -0.136. The maximum absolute atomic E-state index is 12.4. The predicted molar refractivity (Wildman–Crippen MR) is 86.5 cm³/mol. The molecular weight excluding hydrogens is 294 g/mol. The number of aliphatic carboxylic acids is 1. The number of nitrogens with one attached hydrogen (secondary N) is 1. The first-order chi connectivity index (χ1) is 11.0. The molecule has 1 heterocycles. The number of carbonyl (C=O) groups excluding carboxylic acids is 1. The second-order valence-corrected chi connectivity index (χ2v) is 5.69. The van der Waals surface area contributed by atoms with Crippen LogP contribution in [0.5, 0.6) is 0 Å². The van der Waals surface area contributed by atoms with Gasteiger partial charge in [0.05, 0.1) is 11.8 Å².